The Hall–Kier alpha value is -1.68. The van der Waals surface area contributed by atoms with Gasteiger partial charge < -0.3 is 5.32 Å². The quantitative estimate of drug-likeness (QED) is 0.641. The molecule has 1 N–H and O–H groups in total. The lowest BCUT2D eigenvalue weighted by Crippen LogP contribution is -2.33. The van der Waals surface area contributed by atoms with Gasteiger partial charge in [-0.1, -0.05) is 39.0 Å². The monoisotopic (exact) mass is 378 g/mol. The molecule has 0 aromatic heterocycles. The van der Waals surface area contributed by atoms with E-state index in [0.29, 0.717) is 6.54 Å². The van der Waals surface area contributed by atoms with Crippen LogP contribution in [-0.4, -0.2) is 24.0 Å². The Morgan fingerprint density at radius 2 is 2.19 bits per heavy atom. The highest BCUT2D eigenvalue weighted by Crippen LogP contribution is 2.24. The molecule has 2 unspecified atom stereocenters. The van der Waals surface area contributed by atoms with Crippen molar-refractivity contribution < 1.29 is 9.18 Å². The Kier molecular flexibility index (Phi) is 7.83. The van der Waals surface area contributed by atoms with Crippen molar-refractivity contribution in [1.29, 1.82) is 0 Å². The fourth-order valence-corrected chi connectivity index (χ4v) is 3.16. The highest BCUT2D eigenvalue weighted by Gasteiger charge is 2.19. The molecule has 0 radical (unpaired) electrons. The molecule has 5 heteroatoms. The van der Waals surface area contributed by atoms with Crippen LogP contribution in [0, 0.1) is 17.8 Å². The summed E-state index contributed by atoms with van der Waals surface area (Å²) in [4.78, 5) is 16.5. The topological polar surface area (TPSA) is 41.5 Å². The molecule has 0 saturated carbocycles. The molecule has 1 aliphatic heterocycles. The van der Waals surface area contributed by atoms with Crippen LogP contribution in [0.4, 0.5) is 4.39 Å². The summed E-state index contributed by atoms with van der Waals surface area (Å²) in [6.45, 7) is 6.36. The molecule has 2 aliphatic rings. The Morgan fingerprint density at radius 1 is 1.42 bits per heavy atom. The summed E-state index contributed by atoms with van der Waals surface area (Å²) >= 11 is 5.96. The van der Waals surface area contributed by atoms with Crippen molar-refractivity contribution in [2.75, 3.05) is 12.4 Å². The zero-order valence-corrected chi connectivity index (χ0v) is 16.5. The number of hydrogen-bond donors (Lipinski definition) is 1. The van der Waals surface area contributed by atoms with Gasteiger partial charge in [-0.25, -0.2) is 4.39 Å². The van der Waals surface area contributed by atoms with Crippen LogP contribution >= 0.6 is 11.6 Å². The first-order chi connectivity index (χ1) is 12.4. The van der Waals surface area contributed by atoms with Crippen LogP contribution < -0.4 is 5.32 Å². The molecule has 26 heavy (non-hydrogen) atoms. The van der Waals surface area contributed by atoms with Crippen molar-refractivity contribution >= 4 is 23.2 Å². The second-order valence-electron chi connectivity index (χ2n) is 7.33. The fourth-order valence-electron chi connectivity index (χ4n) is 2.93. The van der Waals surface area contributed by atoms with Crippen LogP contribution in [0.3, 0.4) is 0 Å². The highest BCUT2D eigenvalue weighted by molar-refractivity contribution is 6.32. The maximum Gasteiger partial charge on any atom is 0.226 e. The number of alkyl halides is 1. The Balaban J connectivity index is 2.03. The van der Waals surface area contributed by atoms with Gasteiger partial charge in [0, 0.05) is 12.5 Å². The average molecular weight is 379 g/mol. The van der Waals surface area contributed by atoms with E-state index in [2.05, 4.69) is 16.4 Å². The number of carbonyl (C=O) groups excluding carboxylic acids is 1. The number of nitrogens with zero attached hydrogens (tertiary/aromatic N) is 1. The SMILES string of the molecule is CC1C=C(F)C=C(CCC2C=C(NC(=O)C(C)C)C(CCl)=NC2)C=CC1. The van der Waals surface area contributed by atoms with Crippen LogP contribution in [0.5, 0.6) is 0 Å². The lowest BCUT2D eigenvalue weighted by molar-refractivity contribution is -0.123. The summed E-state index contributed by atoms with van der Waals surface area (Å²) in [5.74, 6) is 0.398. The van der Waals surface area contributed by atoms with Crippen molar-refractivity contribution in [3.05, 3.63) is 47.5 Å². The van der Waals surface area contributed by atoms with E-state index in [0.717, 1.165) is 36.2 Å². The van der Waals surface area contributed by atoms with Gasteiger partial charge in [0.1, 0.15) is 5.83 Å². The normalized spacial score (nSPS) is 23.5. The summed E-state index contributed by atoms with van der Waals surface area (Å²) in [7, 11) is 0. The largest absolute Gasteiger partial charge is 0.325 e. The number of halogens is 2. The molecule has 0 aromatic carbocycles. The molecular formula is C21H28ClFN2O. The molecule has 0 bridgehead atoms. The Bertz CT molecular complexity index is 673. The number of dihydropyridines is 1. The second-order valence-corrected chi connectivity index (χ2v) is 7.60. The average Bonchev–Trinajstić information content (AvgIpc) is 2.57. The van der Waals surface area contributed by atoms with Gasteiger partial charge in [0.25, 0.3) is 0 Å². The standard InChI is InChI=1S/C21H28ClFN2O/c1-14(2)21(26)25-19-11-17(13-24-20(19)12-22)8-7-16-6-4-5-15(3)9-18(23)10-16/h4,6,9-11,14-15,17H,5,7-8,12-13H2,1-3H3,(H,25,26). The molecule has 0 aromatic rings. The van der Waals surface area contributed by atoms with Gasteiger partial charge >= 0.3 is 0 Å². The van der Waals surface area contributed by atoms with Gasteiger partial charge in [0.15, 0.2) is 0 Å². The number of nitrogens with one attached hydrogen (secondary N) is 1. The minimum Gasteiger partial charge on any atom is -0.325 e. The zero-order valence-electron chi connectivity index (χ0n) is 15.8. The lowest BCUT2D eigenvalue weighted by atomic mass is 9.94. The molecular weight excluding hydrogens is 351 g/mol. The minimum atomic E-state index is -0.164. The molecule has 0 saturated heterocycles. The maximum atomic E-state index is 13.9. The molecule has 1 heterocycles. The zero-order chi connectivity index (χ0) is 19.1. The molecule has 0 fully saturated rings. The summed E-state index contributed by atoms with van der Waals surface area (Å²) in [5.41, 5.74) is 2.43. The van der Waals surface area contributed by atoms with Gasteiger partial charge in [-0.05, 0) is 48.8 Å². The number of hydrogen-bond acceptors (Lipinski definition) is 2. The summed E-state index contributed by atoms with van der Waals surface area (Å²) < 4.78 is 13.9. The van der Waals surface area contributed by atoms with Crippen LogP contribution in [0.1, 0.15) is 40.0 Å². The third-order valence-electron chi connectivity index (χ3n) is 4.55. The molecule has 2 rings (SSSR count). The smallest absolute Gasteiger partial charge is 0.226 e. The molecule has 1 aliphatic carbocycles. The van der Waals surface area contributed by atoms with Crippen LogP contribution in [0.15, 0.2) is 52.5 Å². The Morgan fingerprint density at radius 3 is 2.88 bits per heavy atom. The van der Waals surface area contributed by atoms with E-state index in [1.807, 2.05) is 32.9 Å². The van der Waals surface area contributed by atoms with Gasteiger partial charge in [-0.3, -0.25) is 9.79 Å². The number of amides is 1. The van der Waals surface area contributed by atoms with Crippen molar-refractivity contribution in [2.24, 2.45) is 22.7 Å². The summed E-state index contributed by atoms with van der Waals surface area (Å²) in [6, 6.07) is 0. The van der Waals surface area contributed by atoms with Gasteiger partial charge in [-0.15, -0.1) is 11.6 Å². The number of aliphatic imine (C=N–C) groups is 1. The van der Waals surface area contributed by atoms with E-state index < -0.39 is 0 Å². The van der Waals surface area contributed by atoms with E-state index in [1.165, 1.54) is 0 Å². The van der Waals surface area contributed by atoms with E-state index in [-0.39, 0.29) is 35.4 Å². The lowest BCUT2D eigenvalue weighted by Gasteiger charge is -2.22. The predicted molar refractivity (Wildman–Crippen MR) is 107 cm³/mol. The van der Waals surface area contributed by atoms with Crippen molar-refractivity contribution in [3.8, 4) is 0 Å². The predicted octanol–water partition coefficient (Wildman–Crippen LogP) is 5.11. The molecule has 0 spiro atoms. The second kappa shape index (κ2) is 9.86. The van der Waals surface area contributed by atoms with Gasteiger partial charge in [0.05, 0.1) is 17.3 Å². The number of rotatable bonds is 6. The molecule has 3 nitrogen and oxygen atoms in total. The van der Waals surface area contributed by atoms with Gasteiger partial charge in [-0.2, -0.15) is 0 Å². The van der Waals surface area contributed by atoms with E-state index in [1.54, 1.807) is 12.2 Å². The first kappa shape index (κ1) is 20.6. The Labute approximate surface area is 160 Å². The van der Waals surface area contributed by atoms with Crippen molar-refractivity contribution in [2.45, 2.75) is 40.0 Å². The molecule has 2 atom stereocenters. The minimum absolute atomic E-state index is 0.0401. The fraction of sp³-hybridized carbons (Fsp3) is 0.524. The van der Waals surface area contributed by atoms with E-state index >= 15 is 0 Å². The number of carbonyl (C=O) groups is 1. The van der Waals surface area contributed by atoms with Crippen molar-refractivity contribution in [1.82, 2.24) is 5.32 Å². The molecule has 142 valence electrons. The summed E-state index contributed by atoms with van der Waals surface area (Å²) in [5, 5.41) is 2.93. The van der Waals surface area contributed by atoms with Crippen molar-refractivity contribution in [3.63, 3.8) is 0 Å². The van der Waals surface area contributed by atoms with Crippen LogP contribution in [0.25, 0.3) is 0 Å². The summed E-state index contributed by atoms with van der Waals surface area (Å²) in [6.07, 6.45) is 11.9. The molecule has 1 amide bonds. The van der Waals surface area contributed by atoms with E-state index in [9.17, 15) is 9.18 Å². The third kappa shape index (κ3) is 6.24. The van der Waals surface area contributed by atoms with Gasteiger partial charge in [0.2, 0.25) is 5.91 Å². The van der Waals surface area contributed by atoms with Crippen LogP contribution in [0.2, 0.25) is 0 Å². The first-order valence-electron chi connectivity index (χ1n) is 9.25. The third-order valence-corrected chi connectivity index (χ3v) is 4.80. The highest BCUT2D eigenvalue weighted by atomic mass is 35.5. The van der Waals surface area contributed by atoms with E-state index in [4.69, 9.17) is 11.6 Å². The maximum absolute atomic E-state index is 13.9. The first-order valence-corrected chi connectivity index (χ1v) is 9.79. The van der Waals surface area contributed by atoms with Crippen LogP contribution in [-0.2, 0) is 4.79 Å². The number of allylic oxidation sites excluding steroid dienone is 7.